The molecule has 0 aliphatic heterocycles. The first kappa shape index (κ1) is 63.4. The third-order valence-corrected chi connectivity index (χ3v) is 24.2. The van der Waals surface area contributed by atoms with E-state index in [1.807, 2.05) is 35.9 Å². The Hall–Kier alpha value is -14.7. The van der Waals surface area contributed by atoms with Gasteiger partial charge in [-0.3, -0.25) is 19.9 Å². The molecule has 6 aromatic heterocycles. The molecule has 18 aromatic carbocycles. The van der Waals surface area contributed by atoms with Crippen LogP contribution in [0.3, 0.4) is 0 Å². The predicted molar refractivity (Wildman–Crippen MR) is 471 cm³/mol. The first-order valence-corrected chi connectivity index (χ1v) is 38.8. The third kappa shape index (κ3) is 10.1. The van der Waals surface area contributed by atoms with E-state index in [9.17, 15) is 0 Å². The summed E-state index contributed by atoms with van der Waals surface area (Å²) in [4.78, 5) is 19.8. The lowest BCUT2D eigenvalue weighted by molar-refractivity contribution is 0.670. The molecule has 0 amide bonds. The number of rotatable bonds is 8. The zero-order valence-corrected chi connectivity index (χ0v) is 61.1. The second kappa shape index (κ2) is 25.5. The number of nitrogens with zero attached hydrogens (tertiary/aromatic N) is 6. The summed E-state index contributed by atoms with van der Waals surface area (Å²) in [6.45, 7) is 0. The van der Waals surface area contributed by atoms with Gasteiger partial charge in [-0.15, -0.1) is 11.3 Å². The van der Waals surface area contributed by atoms with Crippen LogP contribution in [0.2, 0.25) is 0 Å². The molecule has 24 rings (SSSR count). The highest BCUT2D eigenvalue weighted by Gasteiger charge is 2.21. The fraction of sp³-hybridized carbons (Fsp3) is 0. The number of furan rings is 1. The van der Waals surface area contributed by atoms with Crippen molar-refractivity contribution in [1.29, 1.82) is 0 Å². The summed E-state index contributed by atoms with van der Waals surface area (Å²) in [5.74, 6) is 0. The molecule has 0 N–H and O–H groups in total. The van der Waals surface area contributed by atoms with Crippen molar-refractivity contribution in [3.63, 3.8) is 0 Å². The highest BCUT2D eigenvalue weighted by atomic mass is 32.1. The standard InChI is InChI=1S/C52H31N3O.C52H31N3S/c2*1-4-19-47-41(14-1)42-15-2-5-20-48(42)55(47)37-13-8-11-33(29-37)35-23-25-40-39-24-22-34(30-45(39)50-51(46(40)31-35)54-27-26-53-50)32-10-7-12-36(28-32)38-17-9-18-44-43-16-3-6-21-49(43)56-52(38)44/h2*1-31H. The van der Waals surface area contributed by atoms with E-state index < -0.39 is 0 Å². The van der Waals surface area contributed by atoms with Gasteiger partial charge in [-0.05, 0) is 180 Å². The average molecular weight is 1440 g/mol. The van der Waals surface area contributed by atoms with Gasteiger partial charge in [-0.25, -0.2) is 0 Å². The molecule has 6 heterocycles. The van der Waals surface area contributed by atoms with Crippen LogP contribution in [-0.2, 0) is 0 Å². The molecule has 0 saturated carbocycles. The number of aromatic nitrogens is 6. The van der Waals surface area contributed by atoms with Crippen molar-refractivity contribution in [3.05, 3.63) is 377 Å². The number of hydrogen-bond acceptors (Lipinski definition) is 6. The van der Waals surface area contributed by atoms with E-state index in [0.717, 1.165) is 138 Å². The molecule has 0 bridgehead atoms. The molecule has 0 spiro atoms. The molecule has 0 unspecified atom stereocenters. The molecule has 0 aliphatic carbocycles. The van der Waals surface area contributed by atoms with Gasteiger partial charge in [0, 0.05) is 116 Å². The van der Waals surface area contributed by atoms with Crippen LogP contribution in [0.1, 0.15) is 0 Å². The smallest absolute Gasteiger partial charge is 0.143 e. The van der Waals surface area contributed by atoms with Crippen molar-refractivity contribution in [2.24, 2.45) is 0 Å². The fourth-order valence-corrected chi connectivity index (χ4v) is 19.1. The Morgan fingerprint density at radius 2 is 0.545 bits per heavy atom. The molecule has 24 aromatic rings. The Morgan fingerprint density at radius 3 is 1.00 bits per heavy atom. The second-order valence-corrected chi connectivity index (χ2v) is 30.2. The number of fused-ring (bicyclic) bond motifs is 24. The second-order valence-electron chi connectivity index (χ2n) is 29.1. The van der Waals surface area contributed by atoms with Crippen molar-refractivity contribution in [2.45, 2.75) is 0 Å². The third-order valence-electron chi connectivity index (χ3n) is 22.9. The quantitative estimate of drug-likeness (QED) is 0.142. The molecule has 0 saturated heterocycles. The van der Waals surface area contributed by atoms with Crippen LogP contribution >= 0.6 is 11.3 Å². The normalized spacial score (nSPS) is 11.9. The van der Waals surface area contributed by atoms with Crippen molar-refractivity contribution in [2.75, 3.05) is 0 Å². The van der Waals surface area contributed by atoms with Gasteiger partial charge in [0.25, 0.3) is 0 Å². The first-order valence-electron chi connectivity index (χ1n) is 37.9. The van der Waals surface area contributed by atoms with Crippen LogP contribution in [-0.4, -0.2) is 29.1 Å². The van der Waals surface area contributed by atoms with E-state index in [1.165, 1.54) is 91.2 Å². The number of para-hydroxylation sites is 6. The molecule has 112 heavy (non-hydrogen) atoms. The summed E-state index contributed by atoms with van der Waals surface area (Å²) in [5.41, 5.74) is 26.4. The monoisotopic (exact) mass is 1440 g/mol. The highest BCUT2D eigenvalue weighted by molar-refractivity contribution is 7.26. The van der Waals surface area contributed by atoms with E-state index in [2.05, 4.69) is 349 Å². The van der Waals surface area contributed by atoms with Gasteiger partial charge in [-0.2, -0.15) is 0 Å². The maximum Gasteiger partial charge on any atom is 0.143 e. The molecule has 0 aliphatic rings. The molecule has 8 heteroatoms. The number of hydrogen-bond donors (Lipinski definition) is 0. The molecule has 0 radical (unpaired) electrons. The molecule has 7 nitrogen and oxygen atoms in total. The maximum absolute atomic E-state index is 6.40. The minimum Gasteiger partial charge on any atom is -0.455 e. The summed E-state index contributed by atoms with van der Waals surface area (Å²) in [5, 5.41) is 19.0. The number of thiophene rings is 1. The van der Waals surface area contributed by atoms with E-state index >= 15 is 0 Å². The van der Waals surface area contributed by atoms with Gasteiger partial charge in [0.05, 0.1) is 44.1 Å². The van der Waals surface area contributed by atoms with E-state index in [4.69, 9.17) is 24.4 Å². The summed E-state index contributed by atoms with van der Waals surface area (Å²) in [6, 6.07) is 127. The summed E-state index contributed by atoms with van der Waals surface area (Å²) < 4.78 is 13.8. The molecule has 520 valence electrons. The van der Waals surface area contributed by atoms with Gasteiger partial charge in [0.1, 0.15) is 11.2 Å². The van der Waals surface area contributed by atoms with E-state index in [-0.39, 0.29) is 0 Å². The maximum atomic E-state index is 6.40. The fourth-order valence-electron chi connectivity index (χ4n) is 17.8. The van der Waals surface area contributed by atoms with Crippen molar-refractivity contribution < 1.29 is 4.42 Å². The van der Waals surface area contributed by atoms with Crippen LogP contribution in [0.25, 0.3) is 229 Å². The lowest BCUT2D eigenvalue weighted by Gasteiger charge is -2.14. The lowest BCUT2D eigenvalue weighted by atomic mass is 9.92. The lowest BCUT2D eigenvalue weighted by Crippen LogP contribution is -1.94. The van der Waals surface area contributed by atoms with Crippen LogP contribution in [0, 0.1) is 0 Å². The Labute approximate surface area is 646 Å². The highest BCUT2D eigenvalue weighted by Crippen LogP contribution is 2.46. The van der Waals surface area contributed by atoms with Gasteiger partial charge in [-0.1, -0.05) is 255 Å². The minimum atomic E-state index is 0.899. The van der Waals surface area contributed by atoms with Crippen molar-refractivity contribution in [3.8, 4) is 78.1 Å². The van der Waals surface area contributed by atoms with Gasteiger partial charge in [0.2, 0.25) is 0 Å². The van der Waals surface area contributed by atoms with Crippen molar-refractivity contribution in [1.82, 2.24) is 29.1 Å². The summed E-state index contributed by atoms with van der Waals surface area (Å²) in [7, 11) is 0. The van der Waals surface area contributed by atoms with Crippen LogP contribution in [0.15, 0.2) is 381 Å². The Bertz CT molecular complexity index is 7440. The van der Waals surface area contributed by atoms with Crippen LogP contribution in [0.4, 0.5) is 0 Å². The first-order chi connectivity index (χ1) is 55.5. The predicted octanol–water partition coefficient (Wildman–Crippen LogP) is 28.3. The SMILES string of the molecule is c1cc(-c2ccc3c4ccc(-c5cccc(-n6c7ccccc7c7ccccc76)c5)cc4c4nccnc4c3c2)cc(-c2cccc3c2oc2ccccc23)c1.c1cc(-c2ccc3c4ccc(-c5cccc(-n6c7ccccc7c7ccccc76)c5)cc4c4nccnc4c3c2)cc(-c2cccc3c2sc2ccccc23)c1. The topological polar surface area (TPSA) is 74.6 Å². The minimum absolute atomic E-state index is 0.899. The molecule has 0 atom stereocenters. The van der Waals surface area contributed by atoms with Gasteiger partial charge >= 0.3 is 0 Å². The van der Waals surface area contributed by atoms with Crippen molar-refractivity contribution >= 4 is 162 Å². The zero-order chi connectivity index (χ0) is 73.5. The molecular weight excluding hydrogens is 1380 g/mol. The van der Waals surface area contributed by atoms with Gasteiger partial charge in [0.15, 0.2) is 0 Å². The summed E-state index contributed by atoms with van der Waals surface area (Å²) >= 11 is 1.87. The Morgan fingerprint density at radius 1 is 0.214 bits per heavy atom. The Kier molecular flexibility index (Phi) is 14.4. The molecular formula is C104H62N6OS. The largest absolute Gasteiger partial charge is 0.455 e. The van der Waals surface area contributed by atoms with E-state index in [1.54, 1.807) is 12.4 Å². The van der Waals surface area contributed by atoms with Gasteiger partial charge < -0.3 is 13.6 Å². The van der Waals surface area contributed by atoms with Crippen LogP contribution < -0.4 is 0 Å². The number of benzene rings is 18. The molecule has 0 fully saturated rings. The van der Waals surface area contributed by atoms with E-state index in [0.29, 0.717) is 0 Å². The van der Waals surface area contributed by atoms with Crippen LogP contribution in [0.5, 0.6) is 0 Å². The Balaban J connectivity index is 0.000000134. The zero-order valence-electron chi connectivity index (χ0n) is 60.3. The average Bonchev–Trinajstić information content (AvgIpc) is 1.42. The summed E-state index contributed by atoms with van der Waals surface area (Å²) in [6.07, 6.45) is 7.22.